The van der Waals surface area contributed by atoms with Crippen LogP contribution in [0.3, 0.4) is 0 Å². The molecule has 6 nitrogen and oxygen atoms in total. The lowest BCUT2D eigenvalue weighted by Crippen LogP contribution is -2.46. The smallest absolute Gasteiger partial charge is 0.267 e. The first-order chi connectivity index (χ1) is 12.0. The molecule has 0 saturated carbocycles. The average molecular weight is 351 g/mol. The van der Waals surface area contributed by atoms with Gasteiger partial charge in [0, 0.05) is 24.2 Å². The van der Waals surface area contributed by atoms with Crippen LogP contribution in [0.25, 0.3) is 0 Å². The highest BCUT2D eigenvalue weighted by molar-refractivity contribution is 5.80. The monoisotopic (exact) mass is 351 g/mol. The van der Waals surface area contributed by atoms with E-state index in [1.54, 1.807) is 0 Å². The number of carbonyl (C=O) groups excluding carboxylic acids is 1. The van der Waals surface area contributed by atoms with Crippen molar-refractivity contribution >= 4 is 5.78 Å². The van der Waals surface area contributed by atoms with Gasteiger partial charge in [0.05, 0.1) is 0 Å². The Morgan fingerprint density at radius 3 is 2.20 bits per heavy atom. The van der Waals surface area contributed by atoms with Crippen LogP contribution < -0.4 is 0 Å². The predicted octanol–water partition coefficient (Wildman–Crippen LogP) is 2.70. The summed E-state index contributed by atoms with van der Waals surface area (Å²) >= 11 is 0. The molecule has 0 saturated heterocycles. The van der Waals surface area contributed by atoms with E-state index >= 15 is 0 Å². The highest BCUT2D eigenvalue weighted by atomic mass is 16.6. The van der Waals surface area contributed by atoms with E-state index in [1.807, 2.05) is 24.3 Å². The molecule has 0 spiro atoms. The summed E-state index contributed by atoms with van der Waals surface area (Å²) in [6, 6.07) is 7.42. The predicted molar refractivity (Wildman–Crippen MR) is 96.1 cm³/mol. The number of nitro groups is 1. The topological polar surface area (TPSA) is 101 Å². The van der Waals surface area contributed by atoms with Crippen molar-refractivity contribution in [3.63, 3.8) is 0 Å². The summed E-state index contributed by atoms with van der Waals surface area (Å²) in [4.78, 5) is 22.4. The Balaban J connectivity index is 2.50. The van der Waals surface area contributed by atoms with Gasteiger partial charge < -0.3 is 10.2 Å². The zero-order valence-corrected chi connectivity index (χ0v) is 14.9. The molecule has 0 fully saturated rings. The van der Waals surface area contributed by atoms with E-state index in [0.717, 1.165) is 36.8 Å². The molecule has 1 rings (SSSR count). The van der Waals surface area contributed by atoms with E-state index in [-0.39, 0.29) is 12.2 Å². The third-order valence-electron chi connectivity index (χ3n) is 4.59. The highest BCUT2D eigenvalue weighted by Crippen LogP contribution is 2.18. The number of aliphatic hydroxyl groups excluding tert-OH is 2. The number of aryl methyl sites for hydroxylation is 1. The van der Waals surface area contributed by atoms with E-state index in [9.17, 15) is 25.1 Å². The first-order valence-electron chi connectivity index (χ1n) is 8.93. The molecule has 0 bridgehead atoms. The van der Waals surface area contributed by atoms with Crippen LogP contribution >= 0.6 is 0 Å². The Morgan fingerprint density at radius 2 is 1.68 bits per heavy atom. The summed E-state index contributed by atoms with van der Waals surface area (Å²) in [5.41, 5.74) is 0.119. The van der Waals surface area contributed by atoms with Crippen molar-refractivity contribution in [2.75, 3.05) is 13.2 Å². The molecular weight excluding hydrogens is 322 g/mol. The fourth-order valence-corrected chi connectivity index (χ4v) is 2.68. The second-order valence-electron chi connectivity index (χ2n) is 6.64. The quantitative estimate of drug-likeness (QED) is 0.323. The van der Waals surface area contributed by atoms with Crippen LogP contribution in [0, 0.1) is 10.1 Å². The Morgan fingerprint density at radius 1 is 1.08 bits per heavy atom. The van der Waals surface area contributed by atoms with Crippen LogP contribution in [0.5, 0.6) is 0 Å². The molecule has 0 amide bonds. The van der Waals surface area contributed by atoms with Gasteiger partial charge in [-0.25, -0.2) is 0 Å². The van der Waals surface area contributed by atoms with Gasteiger partial charge in [0.1, 0.15) is 19.0 Å². The van der Waals surface area contributed by atoms with Gasteiger partial charge in [-0.2, -0.15) is 0 Å². The zero-order chi connectivity index (χ0) is 18.7. The number of Topliss-reactive ketones (excluding diaryl/α,β-unsaturated/α-hetero) is 1. The molecule has 0 radical (unpaired) electrons. The van der Waals surface area contributed by atoms with Gasteiger partial charge in [-0.3, -0.25) is 14.9 Å². The summed E-state index contributed by atoms with van der Waals surface area (Å²) in [5.74, 6) is 0.233. The van der Waals surface area contributed by atoms with Crippen LogP contribution in [0.15, 0.2) is 24.3 Å². The molecule has 0 aliphatic rings. The van der Waals surface area contributed by atoms with Crippen LogP contribution in [0.2, 0.25) is 0 Å². The molecule has 0 heterocycles. The number of benzene rings is 1. The molecule has 140 valence electrons. The van der Waals surface area contributed by atoms with Gasteiger partial charge in [-0.15, -0.1) is 0 Å². The largest absolute Gasteiger partial charge is 0.389 e. The Hall–Kier alpha value is -1.79. The van der Waals surface area contributed by atoms with E-state index in [1.165, 1.54) is 0 Å². The lowest BCUT2D eigenvalue weighted by Gasteiger charge is -2.20. The lowest BCUT2D eigenvalue weighted by molar-refractivity contribution is -0.578. The molecule has 1 aromatic rings. The van der Waals surface area contributed by atoms with Crippen molar-refractivity contribution in [3.05, 3.63) is 45.5 Å². The van der Waals surface area contributed by atoms with E-state index in [2.05, 4.69) is 6.92 Å². The van der Waals surface area contributed by atoms with Gasteiger partial charge in [-0.1, -0.05) is 50.5 Å². The summed E-state index contributed by atoms with van der Waals surface area (Å²) in [7, 11) is 0. The Bertz CT molecular complexity index is 537. The maximum atomic E-state index is 11.9. The van der Waals surface area contributed by atoms with Gasteiger partial charge in [0.15, 0.2) is 0 Å². The normalized spacial score (nSPS) is 11.5. The van der Waals surface area contributed by atoms with Crippen molar-refractivity contribution in [1.29, 1.82) is 0 Å². The van der Waals surface area contributed by atoms with E-state index in [0.29, 0.717) is 19.3 Å². The molecule has 0 atom stereocenters. The van der Waals surface area contributed by atoms with Crippen LogP contribution in [-0.4, -0.2) is 39.7 Å². The number of carbonyl (C=O) groups is 1. The number of hydrogen-bond donors (Lipinski definition) is 2. The van der Waals surface area contributed by atoms with Crippen molar-refractivity contribution in [1.82, 2.24) is 0 Å². The maximum Gasteiger partial charge on any atom is 0.267 e. The minimum absolute atomic E-state index is 0.0582. The Labute approximate surface area is 149 Å². The van der Waals surface area contributed by atoms with Crippen LogP contribution in [0.4, 0.5) is 0 Å². The molecule has 6 heteroatoms. The first-order valence-corrected chi connectivity index (χ1v) is 8.93. The highest BCUT2D eigenvalue weighted by Gasteiger charge is 2.41. The van der Waals surface area contributed by atoms with Crippen molar-refractivity contribution in [2.24, 2.45) is 0 Å². The van der Waals surface area contributed by atoms with Gasteiger partial charge in [-0.05, 0) is 24.0 Å². The molecule has 0 aliphatic carbocycles. The van der Waals surface area contributed by atoms with Crippen molar-refractivity contribution in [2.45, 2.75) is 63.8 Å². The summed E-state index contributed by atoms with van der Waals surface area (Å²) in [6.45, 7) is 0.752. The number of ketones is 1. The minimum atomic E-state index is -1.70. The summed E-state index contributed by atoms with van der Waals surface area (Å²) in [5, 5.41) is 29.5. The molecule has 1 aromatic carbocycles. The van der Waals surface area contributed by atoms with Crippen molar-refractivity contribution in [3.8, 4) is 0 Å². The number of aliphatic hydroxyl groups is 2. The summed E-state index contributed by atoms with van der Waals surface area (Å²) in [6.07, 6.45) is 5.81. The van der Waals surface area contributed by atoms with Gasteiger partial charge in [0.25, 0.3) is 5.54 Å². The molecule has 0 aliphatic heterocycles. The molecular formula is C19H29NO5. The second-order valence-corrected chi connectivity index (χ2v) is 6.64. The lowest BCUT2D eigenvalue weighted by atomic mass is 9.93. The molecule has 0 unspecified atom stereocenters. The van der Waals surface area contributed by atoms with Gasteiger partial charge >= 0.3 is 0 Å². The van der Waals surface area contributed by atoms with Crippen molar-refractivity contribution < 1.29 is 19.9 Å². The van der Waals surface area contributed by atoms with Crippen LogP contribution in [0.1, 0.15) is 56.6 Å². The number of hydrogen-bond acceptors (Lipinski definition) is 5. The standard InChI is InChI=1S/C19H29NO5/c1-2-3-4-5-6-18(23)13-17-9-7-16(8-10-17)11-12-19(14-21,15-22)20(24)25/h7-10,21-22H,2-6,11-15H2,1H3. The Kier molecular flexibility index (Phi) is 9.31. The molecule has 25 heavy (non-hydrogen) atoms. The third kappa shape index (κ3) is 6.92. The first kappa shape index (κ1) is 21.3. The zero-order valence-electron chi connectivity index (χ0n) is 14.9. The van der Waals surface area contributed by atoms with E-state index < -0.39 is 23.7 Å². The van der Waals surface area contributed by atoms with Crippen LogP contribution in [-0.2, 0) is 17.6 Å². The van der Waals surface area contributed by atoms with E-state index in [4.69, 9.17) is 0 Å². The second kappa shape index (κ2) is 10.9. The minimum Gasteiger partial charge on any atom is -0.389 e. The maximum absolute atomic E-state index is 11.9. The third-order valence-corrected chi connectivity index (χ3v) is 4.59. The average Bonchev–Trinajstić information content (AvgIpc) is 2.61. The fourth-order valence-electron chi connectivity index (χ4n) is 2.68. The molecule has 0 aromatic heterocycles. The SMILES string of the molecule is CCCCCCC(=O)Cc1ccc(CCC(CO)(CO)[N+](=O)[O-])cc1. The number of rotatable bonds is 13. The number of nitrogens with zero attached hydrogens (tertiary/aromatic N) is 1. The molecule has 2 N–H and O–H groups in total. The fraction of sp³-hybridized carbons (Fsp3) is 0.632. The van der Waals surface area contributed by atoms with Gasteiger partial charge in [0.2, 0.25) is 0 Å². The summed E-state index contributed by atoms with van der Waals surface area (Å²) < 4.78 is 0. The number of unbranched alkanes of at least 4 members (excludes halogenated alkanes) is 3.